The van der Waals surface area contributed by atoms with Crippen LogP contribution in [0.5, 0.6) is 0 Å². The zero-order valence-corrected chi connectivity index (χ0v) is 11.1. The van der Waals surface area contributed by atoms with E-state index in [1.165, 1.54) is 11.8 Å². The second-order valence-electron chi connectivity index (χ2n) is 3.73. The molecule has 0 saturated heterocycles. The fourth-order valence-corrected chi connectivity index (χ4v) is 2.03. The maximum Gasteiger partial charge on any atom is 0.283 e. The van der Waals surface area contributed by atoms with Crippen molar-refractivity contribution in [2.45, 2.75) is 12.1 Å². The van der Waals surface area contributed by atoms with Crippen molar-refractivity contribution >= 4 is 23.4 Å². The van der Waals surface area contributed by atoms with Crippen molar-refractivity contribution in [3.63, 3.8) is 0 Å². The zero-order chi connectivity index (χ0) is 14.0. The lowest BCUT2D eigenvalue weighted by molar-refractivity contribution is -0.384. The molecule has 1 aromatic carbocycles. The molecule has 0 radical (unpaired) electrons. The zero-order valence-electron chi connectivity index (χ0n) is 10.3. The first kappa shape index (κ1) is 13.2. The predicted molar refractivity (Wildman–Crippen MR) is 72.8 cm³/mol. The summed E-state index contributed by atoms with van der Waals surface area (Å²) in [5.41, 5.74) is 6.47. The van der Waals surface area contributed by atoms with Crippen LogP contribution >= 0.6 is 11.8 Å². The molecule has 1 aromatic heterocycles. The Bertz CT molecular complexity index is 647. The summed E-state index contributed by atoms with van der Waals surface area (Å²) < 4.78 is 0. The summed E-state index contributed by atoms with van der Waals surface area (Å²) in [7, 11) is 0. The Labute approximate surface area is 113 Å². The van der Waals surface area contributed by atoms with Crippen LogP contribution in [0.4, 0.5) is 11.6 Å². The Kier molecular flexibility index (Phi) is 3.61. The summed E-state index contributed by atoms with van der Waals surface area (Å²) in [6.07, 6.45) is 1.79. The number of hydrogen-bond donors (Lipinski definition) is 1. The molecular weight excluding hydrogens is 266 g/mol. The van der Waals surface area contributed by atoms with E-state index in [2.05, 4.69) is 15.0 Å². The summed E-state index contributed by atoms with van der Waals surface area (Å²) in [6.45, 7) is 1.67. The fraction of sp³-hybridized carbons (Fsp3) is 0.182. The van der Waals surface area contributed by atoms with Gasteiger partial charge in [-0.2, -0.15) is 9.97 Å². The molecule has 0 bridgehead atoms. The predicted octanol–water partition coefficient (Wildman–Crippen LogP) is 2.06. The average molecular weight is 277 g/mol. The largest absolute Gasteiger partial charge is 0.368 e. The molecule has 0 spiro atoms. The van der Waals surface area contributed by atoms with Gasteiger partial charge in [0.1, 0.15) is 0 Å². The lowest BCUT2D eigenvalue weighted by Crippen LogP contribution is -2.03. The molecule has 0 fully saturated rings. The Morgan fingerprint density at radius 2 is 2.05 bits per heavy atom. The van der Waals surface area contributed by atoms with E-state index in [1.807, 2.05) is 0 Å². The fourth-order valence-electron chi connectivity index (χ4n) is 1.67. The Morgan fingerprint density at radius 1 is 1.32 bits per heavy atom. The number of benzene rings is 1. The van der Waals surface area contributed by atoms with Gasteiger partial charge in [-0.15, -0.1) is 0 Å². The second kappa shape index (κ2) is 5.19. The van der Waals surface area contributed by atoms with E-state index in [-0.39, 0.29) is 17.5 Å². The van der Waals surface area contributed by atoms with Gasteiger partial charge < -0.3 is 5.73 Å². The minimum atomic E-state index is -0.441. The number of rotatable bonds is 3. The third kappa shape index (κ3) is 2.63. The molecule has 2 N–H and O–H groups in total. The van der Waals surface area contributed by atoms with Gasteiger partial charge in [0, 0.05) is 5.56 Å². The summed E-state index contributed by atoms with van der Waals surface area (Å²) in [5.74, 6) is 0.261. The van der Waals surface area contributed by atoms with E-state index in [1.54, 1.807) is 31.4 Å². The number of aromatic nitrogens is 3. The number of nitrogen functional groups attached to an aromatic ring is 1. The van der Waals surface area contributed by atoms with E-state index >= 15 is 0 Å². The van der Waals surface area contributed by atoms with Crippen molar-refractivity contribution < 1.29 is 4.92 Å². The van der Waals surface area contributed by atoms with Gasteiger partial charge in [-0.1, -0.05) is 23.9 Å². The molecule has 0 saturated carbocycles. The SMILES string of the molecule is CSc1nc(N)nc(-c2cccc(C)c2[N+](=O)[O-])n1. The number of nitro groups is 1. The van der Waals surface area contributed by atoms with Crippen LogP contribution in [-0.4, -0.2) is 26.1 Å². The van der Waals surface area contributed by atoms with Crippen molar-refractivity contribution in [2.75, 3.05) is 12.0 Å². The smallest absolute Gasteiger partial charge is 0.283 e. The number of para-hydroxylation sites is 1. The van der Waals surface area contributed by atoms with Crippen LogP contribution in [0.25, 0.3) is 11.4 Å². The summed E-state index contributed by atoms with van der Waals surface area (Å²) in [4.78, 5) is 22.8. The van der Waals surface area contributed by atoms with Crippen LogP contribution in [-0.2, 0) is 0 Å². The molecule has 0 aliphatic carbocycles. The molecule has 2 rings (SSSR count). The van der Waals surface area contributed by atoms with Gasteiger partial charge in [0.25, 0.3) is 5.69 Å². The third-order valence-electron chi connectivity index (χ3n) is 2.48. The van der Waals surface area contributed by atoms with Crippen molar-refractivity contribution in [1.29, 1.82) is 0 Å². The van der Waals surface area contributed by atoms with Gasteiger partial charge in [0.15, 0.2) is 11.0 Å². The number of hydrogen-bond acceptors (Lipinski definition) is 7. The highest BCUT2D eigenvalue weighted by molar-refractivity contribution is 7.98. The van der Waals surface area contributed by atoms with Crippen LogP contribution in [0, 0.1) is 17.0 Å². The first-order valence-corrected chi connectivity index (χ1v) is 6.55. The van der Waals surface area contributed by atoms with E-state index in [0.717, 1.165) is 0 Å². The molecule has 0 amide bonds. The number of thioether (sulfide) groups is 1. The molecule has 0 aliphatic heterocycles. The highest BCUT2D eigenvalue weighted by Crippen LogP contribution is 2.31. The van der Waals surface area contributed by atoms with Gasteiger partial charge in [-0.05, 0) is 19.2 Å². The standard InChI is InChI=1S/C11H11N5O2S/c1-6-4-3-5-7(8(6)16(17)18)9-13-10(12)15-11(14-9)19-2/h3-5H,1-2H3,(H2,12,13,14,15). The van der Waals surface area contributed by atoms with Crippen LogP contribution in [0.1, 0.15) is 5.56 Å². The van der Waals surface area contributed by atoms with Gasteiger partial charge in [-0.25, -0.2) is 4.98 Å². The topological polar surface area (TPSA) is 108 Å². The van der Waals surface area contributed by atoms with Crippen LogP contribution in [0.15, 0.2) is 23.4 Å². The Balaban J connectivity index is 2.68. The lowest BCUT2D eigenvalue weighted by Gasteiger charge is -2.05. The van der Waals surface area contributed by atoms with Crippen molar-refractivity contribution in [3.05, 3.63) is 33.9 Å². The Hall–Kier alpha value is -2.22. The number of nitrogens with zero attached hydrogens (tertiary/aromatic N) is 4. The molecule has 7 nitrogen and oxygen atoms in total. The first-order valence-electron chi connectivity index (χ1n) is 5.33. The summed E-state index contributed by atoms with van der Waals surface area (Å²) >= 11 is 1.30. The summed E-state index contributed by atoms with van der Waals surface area (Å²) in [6, 6.07) is 4.99. The van der Waals surface area contributed by atoms with Crippen LogP contribution in [0.2, 0.25) is 0 Å². The van der Waals surface area contributed by atoms with Gasteiger partial charge in [0.2, 0.25) is 5.95 Å². The Morgan fingerprint density at radius 3 is 2.68 bits per heavy atom. The molecule has 2 aromatic rings. The molecule has 0 atom stereocenters. The molecule has 0 unspecified atom stereocenters. The molecule has 98 valence electrons. The average Bonchev–Trinajstić information content (AvgIpc) is 2.37. The van der Waals surface area contributed by atoms with Crippen molar-refractivity contribution in [2.24, 2.45) is 0 Å². The summed E-state index contributed by atoms with van der Waals surface area (Å²) in [5, 5.41) is 11.6. The monoisotopic (exact) mass is 277 g/mol. The first-order chi connectivity index (χ1) is 9.02. The van der Waals surface area contributed by atoms with E-state index in [4.69, 9.17) is 5.73 Å². The maximum absolute atomic E-state index is 11.2. The van der Waals surface area contributed by atoms with Gasteiger partial charge >= 0.3 is 0 Å². The number of nitrogens with two attached hydrogens (primary N) is 1. The second-order valence-corrected chi connectivity index (χ2v) is 4.51. The molecule has 19 heavy (non-hydrogen) atoms. The van der Waals surface area contributed by atoms with E-state index in [9.17, 15) is 10.1 Å². The minimum absolute atomic E-state index is 0.0137. The highest BCUT2D eigenvalue weighted by atomic mass is 32.2. The molecule has 1 heterocycles. The number of nitro benzene ring substituents is 1. The molecule has 0 aliphatic rings. The third-order valence-corrected chi connectivity index (χ3v) is 3.02. The van der Waals surface area contributed by atoms with Crippen molar-refractivity contribution in [1.82, 2.24) is 15.0 Å². The maximum atomic E-state index is 11.2. The van der Waals surface area contributed by atoms with E-state index in [0.29, 0.717) is 16.3 Å². The van der Waals surface area contributed by atoms with Crippen LogP contribution in [0.3, 0.4) is 0 Å². The molecule has 8 heteroatoms. The quantitative estimate of drug-likeness (QED) is 0.519. The minimum Gasteiger partial charge on any atom is -0.368 e. The van der Waals surface area contributed by atoms with Gasteiger partial charge in [0.05, 0.1) is 10.5 Å². The van der Waals surface area contributed by atoms with Crippen LogP contribution < -0.4 is 5.73 Å². The van der Waals surface area contributed by atoms with Gasteiger partial charge in [-0.3, -0.25) is 10.1 Å². The highest BCUT2D eigenvalue weighted by Gasteiger charge is 2.21. The number of anilines is 1. The lowest BCUT2D eigenvalue weighted by atomic mass is 10.1. The van der Waals surface area contributed by atoms with Crippen molar-refractivity contribution in [3.8, 4) is 11.4 Å². The number of aryl methyl sites for hydroxylation is 1. The normalized spacial score (nSPS) is 10.4. The molecular formula is C11H11N5O2S. The van der Waals surface area contributed by atoms with E-state index < -0.39 is 4.92 Å².